The number of fused-ring (bicyclic) bond motifs is 8. The minimum atomic E-state index is 0.650. The number of hydrogen-bond donors (Lipinski definition) is 0. The average Bonchev–Trinajstić information content (AvgIpc) is 3.77. The molecule has 0 saturated carbocycles. The predicted molar refractivity (Wildman–Crippen MR) is 225 cm³/mol. The van der Waals surface area contributed by atoms with E-state index in [2.05, 4.69) is 197 Å². The van der Waals surface area contributed by atoms with Gasteiger partial charge in [0.2, 0.25) is 5.95 Å². The highest BCUT2D eigenvalue weighted by molar-refractivity contribution is 6.28. The summed E-state index contributed by atoms with van der Waals surface area (Å²) in [7, 11) is 0. The molecule has 0 saturated heterocycles. The second kappa shape index (κ2) is 12.1. The molecule has 0 fully saturated rings. The van der Waals surface area contributed by atoms with Crippen molar-refractivity contribution in [1.29, 1.82) is 0 Å². The van der Waals surface area contributed by atoms with Gasteiger partial charge >= 0.3 is 0 Å². The van der Waals surface area contributed by atoms with Crippen molar-refractivity contribution >= 4 is 54.5 Å². The van der Waals surface area contributed by atoms with Gasteiger partial charge < -0.3 is 4.57 Å². The fraction of sp³-hybridized carbons (Fsp3) is 0. The van der Waals surface area contributed by atoms with Crippen LogP contribution in [0.3, 0.4) is 0 Å². The molecular weight excluding hydrogens is 657 g/mol. The summed E-state index contributed by atoms with van der Waals surface area (Å²) in [6, 6.07) is 68.9. The lowest BCUT2D eigenvalue weighted by atomic mass is 10.0. The van der Waals surface area contributed by atoms with E-state index in [1.165, 1.54) is 38.2 Å². The monoisotopic (exact) mass is 688 g/mol. The Balaban J connectivity index is 1.19. The molecule has 0 spiro atoms. The van der Waals surface area contributed by atoms with E-state index in [1.807, 2.05) is 6.07 Å². The molecule has 0 aliphatic carbocycles. The Morgan fingerprint density at radius 3 is 1.43 bits per heavy atom. The molecule has 8 aromatic carbocycles. The summed E-state index contributed by atoms with van der Waals surface area (Å²) in [5.74, 6) is 0.650. The summed E-state index contributed by atoms with van der Waals surface area (Å²) >= 11 is 0. The number of aromatic nitrogens is 4. The summed E-state index contributed by atoms with van der Waals surface area (Å²) in [4.78, 5) is 10.8. The number of para-hydroxylation sites is 2. The van der Waals surface area contributed by atoms with Crippen LogP contribution in [0.1, 0.15) is 0 Å². The molecule has 0 unspecified atom stereocenters. The fourth-order valence-electron chi connectivity index (χ4n) is 8.29. The van der Waals surface area contributed by atoms with Gasteiger partial charge in [-0.05, 0) is 70.8 Å². The third-order valence-corrected chi connectivity index (χ3v) is 10.7. The van der Waals surface area contributed by atoms with E-state index in [4.69, 9.17) is 9.97 Å². The van der Waals surface area contributed by atoms with Gasteiger partial charge in [0.25, 0.3) is 0 Å². The third kappa shape index (κ3) is 4.70. The molecule has 252 valence electrons. The maximum absolute atomic E-state index is 5.39. The van der Waals surface area contributed by atoms with E-state index in [1.54, 1.807) is 0 Å². The molecular formula is C50H32N4. The maximum Gasteiger partial charge on any atom is 0.235 e. The summed E-state index contributed by atoms with van der Waals surface area (Å²) in [5, 5.41) is 5.82. The zero-order chi connectivity index (χ0) is 35.6. The molecule has 0 radical (unpaired) electrons. The molecule has 0 atom stereocenters. The van der Waals surface area contributed by atoms with Gasteiger partial charge in [0.1, 0.15) is 0 Å². The zero-order valence-corrected chi connectivity index (χ0v) is 29.3. The molecule has 0 bridgehead atoms. The smallest absolute Gasteiger partial charge is 0.235 e. The van der Waals surface area contributed by atoms with Gasteiger partial charge in [-0.2, -0.15) is 0 Å². The summed E-state index contributed by atoms with van der Waals surface area (Å²) in [5.41, 5.74) is 13.2. The van der Waals surface area contributed by atoms with Gasteiger partial charge in [0.05, 0.1) is 33.3 Å². The zero-order valence-electron chi connectivity index (χ0n) is 29.3. The fourth-order valence-corrected chi connectivity index (χ4v) is 8.29. The van der Waals surface area contributed by atoms with Gasteiger partial charge in [0, 0.05) is 38.2 Å². The third-order valence-electron chi connectivity index (χ3n) is 10.7. The molecule has 0 aliphatic heterocycles. The van der Waals surface area contributed by atoms with Crippen LogP contribution >= 0.6 is 0 Å². The van der Waals surface area contributed by atoms with Crippen LogP contribution in [0.25, 0.3) is 99.7 Å². The molecule has 11 rings (SSSR count). The van der Waals surface area contributed by atoms with Gasteiger partial charge in [-0.25, -0.2) is 9.97 Å². The van der Waals surface area contributed by atoms with Gasteiger partial charge in [-0.3, -0.25) is 4.57 Å². The van der Waals surface area contributed by atoms with E-state index in [9.17, 15) is 0 Å². The molecule has 0 aliphatic rings. The van der Waals surface area contributed by atoms with Crippen molar-refractivity contribution in [2.24, 2.45) is 0 Å². The largest absolute Gasteiger partial charge is 0.309 e. The number of nitrogens with zero attached hydrogens (tertiary/aromatic N) is 4. The lowest BCUT2D eigenvalue weighted by Crippen LogP contribution is -2.03. The van der Waals surface area contributed by atoms with Crippen LogP contribution in [0, 0.1) is 0 Å². The van der Waals surface area contributed by atoms with Gasteiger partial charge in [-0.1, -0.05) is 146 Å². The minimum absolute atomic E-state index is 0.650. The minimum Gasteiger partial charge on any atom is -0.309 e. The maximum atomic E-state index is 5.39. The van der Waals surface area contributed by atoms with Crippen LogP contribution in [-0.2, 0) is 0 Å². The van der Waals surface area contributed by atoms with Crippen molar-refractivity contribution in [1.82, 2.24) is 19.1 Å². The van der Waals surface area contributed by atoms with Crippen molar-refractivity contribution in [3.8, 4) is 45.1 Å². The van der Waals surface area contributed by atoms with Crippen molar-refractivity contribution in [3.05, 3.63) is 194 Å². The first kappa shape index (κ1) is 30.3. The Hall–Kier alpha value is -7.30. The topological polar surface area (TPSA) is 35.6 Å². The molecule has 3 heterocycles. The van der Waals surface area contributed by atoms with Crippen molar-refractivity contribution in [2.45, 2.75) is 0 Å². The lowest BCUT2D eigenvalue weighted by Gasteiger charge is -2.13. The van der Waals surface area contributed by atoms with E-state index in [0.717, 1.165) is 55.5 Å². The summed E-state index contributed by atoms with van der Waals surface area (Å²) in [6.45, 7) is 0. The first-order valence-corrected chi connectivity index (χ1v) is 18.3. The number of rotatable bonds is 5. The predicted octanol–water partition coefficient (Wildman–Crippen LogP) is 12.8. The van der Waals surface area contributed by atoms with Crippen molar-refractivity contribution < 1.29 is 0 Å². The quantitative estimate of drug-likeness (QED) is 0.180. The Labute approximate surface area is 311 Å². The Kier molecular flexibility index (Phi) is 6.82. The lowest BCUT2D eigenvalue weighted by molar-refractivity contribution is 1.01. The molecule has 0 amide bonds. The second-order valence-electron chi connectivity index (χ2n) is 13.8. The Morgan fingerprint density at radius 1 is 0.315 bits per heavy atom. The molecule has 11 aromatic rings. The summed E-state index contributed by atoms with van der Waals surface area (Å²) < 4.78 is 4.65. The van der Waals surface area contributed by atoms with E-state index < -0.39 is 0 Å². The molecule has 4 nitrogen and oxygen atoms in total. The number of hydrogen-bond acceptors (Lipinski definition) is 2. The molecule has 4 heteroatoms. The van der Waals surface area contributed by atoms with Crippen LogP contribution in [0.4, 0.5) is 0 Å². The Bertz CT molecular complexity index is 3180. The van der Waals surface area contributed by atoms with E-state index >= 15 is 0 Å². The van der Waals surface area contributed by atoms with Crippen LogP contribution in [-0.4, -0.2) is 19.1 Å². The normalized spacial score (nSPS) is 11.7. The second-order valence-corrected chi connectivity index (χ2v) is 13.8. The first-order valence-electron chi connectivity index (χ1n) is 18.3. The highest BCUT2D eigenvalue weighted by Gasteiger charge is 2.22. The average molecular weight is 689 g/mol. The van der Waals surface area contributed by atoms with Crippen molar-refractivity contribution in [3.63, 3.8) is 0 Å². The van der Waals surface area contributed by atoms with Crippen LogP contribution < -0.4 is 0 Å². The van der Waals surface area contributed by atoms with Crippen molar-refractivity contribution in [2.75, 3.05) is 0 Å². The van der Waals surface area contributed by atoms with Gasteiger partial charge in [0.15, 0.2) is 0 Å². The van der Waals surface area contributed by atoms with E-state index in [0.29, 0.717) is 5.95 Å². The highest BCUT2D eigenvalue weighted by atomic mass is 15.2. The standard InChI is InChI=1S/C50H32N4/c1-4-14-33(15-5-1)35-24-27-38(28-25-35)53-43-22-12-10-20-40(43)47-45(53)30-31-46-48(47)41-21-11-13-23-44(41)54(46)50-51-42-32-37(34-16-6-2-7-17-34)26-29-39(42)49(52-50)36-18-8-3-9-19-36/h1-32H. The number of benzene rings is 8. The summed E-state index contributed by atoms with van der Waals surface area (Å²) in [6.07, 6.45) is 0. The van der Waals surface area contributed by atoms with E-state index in [-0.39, 0.29) is 0 Å². The Morgan fingerprint density at radius 2 is 0.796 bits per heavy atom. The van der Waals surface area contributed by atoms with Crippen LogP contribution in [0.5, 0.6) is 0 Å². The molecule has 0 N–H and O–H groups in total. The highest BCUT2D eigenvalue weighted by Crippen LogP contribution is 2.42. The molecule has 54 heavy (non-hydrogen) atoms. The molecule has 3 aromatic heterocycles. The van der Waals surface area contributed by atoms with Crippen LogP contribution in [0.2, 0.25) is 0 Å². The first-order chi connectivity index (χ1) is 26.8. The van der Waals surface area contributed by atoms with Gasteiger partial charge in [-0.15, -0.1) is 0 Å². The van der Waals surface area contributed by atoms with Crippen LogP contribution in [0.15, 0.2) is 194 Å². The SMILES string of the molecule is c1ccc(-c2ccc(-n3c4ccccc4c4c5c6ccccc6n(-c6nc(-c7ccccc7)c7ccc(-c8ccccc8)cc7n6)c5ccc43)cc2)cc1.